The third kappa shape index (κ3) is 6.62. The first kappa shape index (κ1) is 27.8. The standard InChI is InChI=1S/C28H32N6O4S/c1-18(19(2)34(3)4)29-20-10-9-11-24(16-20)39(35,36)33-28-27(31-25-12-7-8-13-26(25)32-28)30-21-14-22(37-5)17-23(15-21)38-6/h7-17,19H,1-6H3,(H,30,31)(H,32,33). The molecule has 0 aliphatic heterocycles. The Kier molecular flexibility index (Phi) is 8.32. The summed E-state index contributed by atoms with van der Waals surface area (Å²) in [5, 5.41) is 3.16. The molecule has 1 unspecified atom stereocenters. The van der Waals surface area contributed by atoms with Gasteiger partial charge in [0.15, 0.2) is 11.6 Å². The van der Waals surface area contributed by atoms with E-state index in [0.717, 1.165) is 5.71 Å². The van der Waals surface area contributed by atoms with Crippen molar-refractivity contribution in [3.63, 3.8) is 0 Å². The van der Waals surface area contributed by atoms with Gasteiger partial charge in [0.25, 0.3) is 10.0 Å². The Morgan fingerprint density at radius 1 is 0.897 bits per heavy atom. The zero-order valence-electron chi connectivity index (χ0n) is 22.8. The molecule has 0 saturated carbocycles. The Labute approximate surface area is 228 Å². The maximum absolute atomic E-state index is 13.5. The number of aromatic nitrogens is 2. The molecule has 4 aromatic rings. The van der Waals surface area contributed by atoms with Gasteiger partial charge in [-0.25, -0.2) is 18.4 Å². The van der Waals surface area contributed by atoms with Gasteiger partial charge in [-0.3, -0.25) is 9.71 Å². The van der Waals surface area contributed by atoms with Crippen molar-refractivity contribution >= 4 is 49.8 Å². The molecule has 0 amide bonds. The van der Waals surface area contributed by atoms with E-state index in [1.54, 1.807) is 56.7 Å². The summed E-state index contributed by atoms with van der Waals surface area (Å²) in [7, 11) is 2.99. The van der Waals surface area contributed by atoms with Crippen LogP contribution in [0.3, 0.4) is 0 Å². The third-order valence-corrected chi connectivity index (χ3v) is 7.56. The van der Waals surface area contributed by atoms with Gasteiger partial charge in [-0.15, -0.1) is 0 Å². The summed E-state index contributed by atoms with van der Waals surface area (Å²) in [4.78, 5) is 15.9. The first-order valence-electron chi connectivity index (χ1n) is 12.2. The molecule has 1 aromatic heterocycles. The average Bonchev–Trinajstić information content (AvgIpc) is 2.92. The summed E-state index contributed by atoms with van der Waals surface area (Å²) in [6, 6.07) is 19.0. The van der Waals surface area contributed by atoms with Gasteiger partial charge < -0.3 is 19.7 Å². The number of rotatable bonds is 10. The SMILES string of the molecule is COc1cc(Nc2nc3ccccc3nc2NS(=O)(=O)c2cccc(N=C(C)C(C)N(C)C)c2)cc(OC)c1. The molecule has 3 aromatic carbocycles. The number of nitrogens with one attached hydrogen (secondary N) is 2. The van der Waals surface area contributed by atoms with Gasteiger partial charge in [0.1, 0.15) is 11.5 Å². The molecule has 0 aliphatic carbocycles. The molecular weight excluding hydrogens is 516 g/mol. The van der Waals surface area contributed by atoms with Crippen LogP contribution in [0.1, 0.15) is 13.8 Å². The van der Waals surface area contributed by atoms with E-state index in [2.05, 4.69) is 25.0 Å². The second-order valence-corrected chi connectivity index (χ2v) is 10.8. The molecule has 0 bridgehead atoms. The number of ether oxygens (including phenoxy) is 2. The smallest absolute Gasteiger partial charge is 0.263 e. The molecule has 39 heavy (non-hydrogen) atoms. The van der Waals surface area contributed by atoms with Crippen LogP contribution in [-0.2, 0) is 10.0 Å². The number of para-hydroxylation sites is 2. The van der Waals surface area contributed by atoms with Gasteiger partial charge in [0, 0.05) is 35.6 Å². The normalized spacial score (nSPS) is 12.8. The number of nitrogens with zero attached hydrogens (tertiary/aromatic N) is 4. The fourth-order valence-corrected chi connectivity index (χ4v) is 4.80. The van der Waals surface area contributed by atoms with Crippen LogP contribution >= 0.6 is 0 Å². The van der Waals surface area contributed by atoms with Crippen LogP contribution in [-0.4, -0.2) is 63.4 Å². The number of sulfonamides is 1. The molecule has 0 aliphatic rings. The molecule has 4 rings (SSSR count). The summed E-state index contributed by atoms with van der Waals surface area (Å²) < 4.78 is 40.4. The van der Waals surface area contributed by atoms with Crippen molar-refractivity contribution in [3.05, 3.63) is 66.7 Å². The first-order valence-corrected chi connectivity index (χ1v) is 13.7. The Hall–Kier alpha value is -4.22. The first-order chi connectivity index (χ1) is 18.6. The zero-order chi connectivity index (χ0) is 28.2. The summed E-state index contributed by atoms with van der Waals surface area (Å²) in [5.74, 6) is 1.38. The lowest BCUT2D eigenvalue weighted by molar-refractivity contribution is 0.381. The van der Waals surface area contributed by atoms with Gasteiger partial charge in [-0.1, -0.05) is 18.2 Å². The number of hydrogen-bond acceptors (Lipinski definition) is 9. The lowest BCUT2D eigenvalue weighted by atomic mass is 10.2. The van der Waals surface area contributed by atoms with E-state index in [9.17, 15) is 8.42 Å². The number of fused-ring (bicyclic) bond motifs is 1. The Morgan fingerprint density at radius 2 is 1.51 bits per heavy atom. The van der Waals surface area contributed by atoms with Crippen molar-refractivity contribution in [1.82, 2.24) is 14.9 Å². The number of methoxy groups -OCH3 is 2. The fraction of sp³-hybridized carbons (Fsp3) is 0.250. The van der Waals surface area contributed by atoms with Crippen molar-refractivity contribution < 1.29 is 17.9 Å². The van der Waals surface area contributed by atoms with Gasteiger partial charge >= 0.3 is 0 Å². The molecule has 10 nitrogen and oxygen atoms in total. The average molecular weight is 549 g/mol. The monoisotopic (exact) mass is 548 g/mol. The molecule has 0 spiro atoms. The van der Waals surface area contributed by atoms with Crippen LogP contribution in [0.15, 0.2) is 76.6 Å². The highest BCUT2D eigenvalue weighted by molar-refractivity contribution is 7.92. The second kappa shape index (κ2) is 11.7. The second-order valence-electron chi connectivity index (χ2n) is 9.13. The van der Waals surface area contributed by atoms with E-state index in [0.29, 0.717) is 33.9 Å². The molecule has 1 heterocycles. The largest absolute Gasteiger partial charge is 0.497 e. The van der Waals surface area contributed by atoms with Crippen molar-refractivity contribution in [3.8, 4) is 11.5 Å². The van der Waals surface area contributed by atoms with E-state index in [4.69, 9.17) is 9.47 Å². The lowest BCUT2D eigenvalue weighted by Crippen LogP contribution is -2.31. The van der Waals surface area contributed by atoms with E-state index in [1.165, 1.54) is 12.1 Å². The Morgan fingerprint density at radius 3 is 2.10 bits per heavy atom. The zero-order valence-corrected chi connectivity index (χ0v) is 23.6. The predicted molar refractivity (Wildman–Crippen MR) is 156 cm³/mol. The molecule has 2 N–H and O–H groups in total. The van der Waals surface area contributed by atoms with Gasteiger partial charge in [0.05, 0.1) is 35.8 Å². The van der Waals surface area contributed by atoms with Crippen LogP contribution in [0, 0.1) is 0 Å². The fourth-order valence-electron chi connectivity index (χ4n) is 3.75. The molecule has 11 heteroatoms. The topological polar surface area (TPSA) is 118 Å². The van der Waals surface area contributed by atoms with Crippen LogP contribution in [0.25, 0.3) is 11.0 Å². The van der Waals surface area contributed by atoms with Gasteiger partial charge in [0.2, 0.25) is 0 Å². The van der Waals surface area contributed by atoms with Crippen molar-refractivity contribution in [2.75, 3.05) is 38.4 Å². The van der Waals surface area contributed by atoms with Crippen molar-refractivity contribution in [2.24, 2.45) is 4.99 Å². The van der Waals surface area contributed by atoms with Crippen LogP contribution in [0.5, 0.6) is 11.5 Å². The van der Waals surface area contributed by atoms with Crippen LogP contribution < -0.4 is 19.5 Å². The van der Waals surface area contributed by atoms with Gasteiger partial charge in [-0.05, 0) is 58.3 Å². The minimum atomic E-state index is -4.04. The van der Waals surface area contributed by atoms with Crippen LogP contribution in [0.4, 0.5) is 23.0 Å². The Balaban J connectivity index is 1.73. The summed E-state index contributed by atoms with van der Waals surface area (Å²) >= 11 is 0. The highest BCUT2D eigenvalue weighted by atomic mass is 32.2. The molecule has 204 valence electrons. The number of hydrogen-bond donors (Lipinski definition) is 2. The Bertz CT molecular complexity index is 1600. The van der Waals surface area contributed by atoms with E-state index in [1.807, 2.05) is 45.0 Å². The highest BCUT2D eigenvalue weighted by Gasteiger charge is 2.20. The van der Waals surface area contributed by atoms with Gasteiger partial charge in [-0.2, -0.15) is 0 Å². The van der Waals surface area contributed by atoms with E-state index in [-0.39, 0.29) is 22.6 Å². The number of anilines is 3. The van der Waals surface area contributed by atoms with Crippen molar-refractivity contribution in [2.45, 2.75) is 24.8 Å². The summed E-state index contributed by atoms with van der Waals surface area (Å²) in [6.07, 6.45) is 0. The maximum Gasteiger partial charge on any atom is 0.263 e. The van der Waals surface area contributed by atoms with E-state index < -0.39 is 10.0 Å². The van der Waals surface area contributed by atoms with Crippen LogP contribution in [0.2, 0.25) is 0 Å². The quantitative estimate of drug-likeness (QED) is 0.259. The van der Waals surface area contributed by atoms with Crippen molar-refractivity contribution in [1.29, 1.82) is 0 Å². The number of aliphatic imine (C=N–C) groups is 1. The highest BCUT2D eigenvalue weighted by Crippen LogP contribution is 2.31. The molecular formula is C28H32N6O4S. The minimum absolute atomic E-state index is 0.0433. The molecule has 0 fully saturated rings. The summed E-state index contributed by atoms with van der Waals surface area (Å²) in [5.41, 5.74) is 3.12. The lowest BCUT2D eigenvalue weighted by Gasteiger charge is -2.19. The summed E-state index contributed by atoms with van der Waals surface area (Å²) in [6.45, 7) is 3.95. The van der Waals surface area contributed by atoms with E-state index >= 15 is 0 Å². The number of benzene rings is 3. The molecule has 0 saturated heterocycles. The molecule has 1 atom stereocenters. The predicted octanol–water partition coefficient (Wildman–Crippen LogP) is 5.23. The maximum atomic E-state index is 13.5. The minimum Gasteiger partial charge on any atom is -0.497 e. The molecule has 0 radical (unpaired) electrons. The third-order valence-electron chi connectivity index (χ3n) is 6.23.